The number of hydrogen-bond donors (Lipinski definition) is 2. The lowest BCUT2D eigenvalue weighted by molar-refractivity contribution is -0.126. The average Bonchev–Trinajstić information content (AvgIpc) is 2.70. The fourth-order valence-electron chi connectivity index (χ4n) is 2.85. The van der Waals surface area contributed by atoms with Crippen molar-refractivity contribution in [2.45, 2.75) is 23.2 Å². The summed E-state index contributed by atoms with van der Waals surface area (Å²) in [6, 6.07) is 15.9. The van der Waals surface area contributed by atoms with E-state index in [2.05, 4.69) is 5.32 Å². The topological polar surface area (TPSA) is 52.6 Å². The number of hydrogen-bond acceptors (Lipinski definition) is 4. The molecule has 2 unspecified atom stereocenters. The molecule has 0 radical (unpaired) electrons. The Bertz CT molecular complexity index is 724. The van der Waals surface area contributed by atoms with Gasteiger partial charge in [-0.15, -0.1) is 28.7 Å². The second-order valence-corrected chi connectivity index (χ2v) is 7.14. The molecule has 2 aromatic rings. The smallest absolute Gasteiger partial charge is 0.257 e. The summed E-state index contributed by atoms with van der Waals surface area (Å²) in [5, 5.41) is 13.5. The third-order valence-electron chi connectivity index (χ3n) is 4.21. The van der Waals surface area contributed by atoms with Crippen LogP contribution in [0.25, 0.3) is 0 Å². The van der Waals surface area contributed by atoms with Gasteiger partial charge >= 0.3 is 0 Å². The molecule has 134 valence electrons. The molecule has 1 aliphatic rings. The Morgan fingerprint density at radius 3 is 2.52 bits per heavy atom. The van der Waals surface area contributed by atoms with Gasteiger partial charge < -0.3 is 15.3 Å². The lowest BCUT2D eigenvalue weighted by Gasteiger charge is -2.25. The van der Waals surface area contributed by atoms with Crippen molar-refractivity contribution in [1.82, 2.24) is 5.32 Å². The summed E-state index contributed by atoms with van der Waals surface area (Å²) in [4.78, 5) is 15.6. The number of nitrogens with zero attached hydrogens (tertiary/aromatic N) is 1. The zero-order valence-electron chi connectivity index (χ0n) is 14.3. The molecule has 0 aliphatic carbocycles. The molecule has 4 nitrogen and oxygen atoms in total. The van der Waals surface area contributed by atoms with E-state index in [0.717, 1.165) is 21.7 Å². The molecule has 6 heteroatoms. The minimum Gasteiger partial charge on any atom is -0.382 e. The van der Waals surface area contributed by atoms with Gasteiger partial charge in [0.1, 0.15) is 6.10 Å². The maximum Gasteiger partial charge on any atom is 0.257 e. The first-order valence-corrected chi connectivity index (χ1v) is 8.96. The number of aryl methyl sites for hydroxylation is 1. The Kier molecular flexibility index (Phi) is 7.07. The Labute approximate surface area is 163 Å². The zero-order valence-corrected chi connectivity index (χ0v) is 16.8. The highest BCUT2D eigenvalue weighted by molar-refractivity contribution is 8.93. The molecule has 0 bridgehead atoms. The van der Waals surface area contributed by atoms with Crippen molar-refractivity contribution in [1.29, 1.82) is 0 Å². The summed E-state index contributed by atoms with van der Waals surface area (Å²) in [5.74, 6) is -0.242. The molecule has 2 aromatic carbocycles. The zero-order chi connectivity index (χ0) is 17.1. The molecule has 0 saturated carbocycles. The Morgan fingerprint density at radius 1 is 1.16 bits per heavy atom. The van der Waals surface area contributed by atoms with Crippen molar-refractivity contribution in [3.63, 3.8) is 0 Å². The molecule has 1 aliphatic heterocycles. The number of halogens is 1. The quantitative estimate of drug-likeness (QED) is 0.792. The van der Waals surface area contributed by atoms with Crippen molar-refractivity contribution >= 4 is 40.3 Å². The highest BCUT2D eigenvalue weighted by Gasteiger charge is 2.36. The number of carbonyl (C=O) groups is 1. The first kappa shape index (κ1) is 20.0. The van der Waals surface area contributed by atoms with Crippen molar-refractivity contribution in [3.8, 4) is 0 Å². The number of para-hydroxylation sites is 1. The number of anilines is 1. The number of aliphatic hydroxyl groups excluding tert-OH is 1. The lowest BCUT2D eigenvalue weighted by Crippen LogP contribution is -2.43. The van der Waals surface area contributed by atoms with Crippen LogP contribution in [0, 0.1) is 6.92 Å². The summed E-state index contributed by atoms with van der Waals surface area (Å²) < 4.78 is 0. The fraction of sp³-hybridized carbons (Fsp3) is 0.316. The van der Waals surface area contributed by atoms with Crippen LogP contribution in [-0.2, 0) is 4.79 Å². The predicted octanol–water partition coefficient (Wildman–Crippen LogP) is 3.33. The van der Waals surface area contributed by atoms with Gasteiger partial charge in [0, 0.05) is 18.0 Å². The second-order valence-electron chi connectivity index (χ2n) is 5.96. The first-order chi connectivity index (χ1) is 11.6. The Hall–Kier alpha value is -1.34. The Balaban J connectivity index is 0.00000225. The van der Waals surface area contributed by atoms with E-state index < -0.39 is 6.10 Å². The SMILES string of the molecule is Br.CNCCN1C(=O)C(O)C(c2ccc(C)cc2)Sc2ccccc21. The van der Waals surface area contributed by atoms with Crippen LogP contribution in [0.5, 0.6) is 0 Å². The number of amides is 1. The molecular weight excluding hydrogens is 400 g/mol. The number of thioether (sulfide) groups is 1. The van der Waals surface area contributed by atoms with E-state index in [0.29, 0.717) is 13.1 Å². The van der Waals surface area contributed by atoms with Crippen LogP contribution in [0.15, 0.2) is 53.4 Å². The molecule has 0 saturated heterocycles. The minimum absolute atomic E-state index is 0. The van der Waals surface area contributed by atoms with Crippen LogP contribution >= 0.6 is 28.7 Å². The molecule has 0 aromatic heterocycles. The highest BCUT2D eigenvalue weighted by atomic mass is 79.9. The Morgan fingerprint density at radius 2 is 1.84 bits per heavy atom. The summed E-state index contributed by atoms with van der Waals surface area (Å²) in [6.45, 7) is 3.23. The van der Waals surface area contributed by atoms with Gasteiger partial charge in [-0.1, -0.05) is 42.0 Å². The molecular formula is C19H23BrN2O2S. The monoisotopic (exact) mass is 422 g/mol. The molecule has 1 heterocycles. The van der Waals surface area contributed by atoms with Crippen LogP contribution < -0.4 is 10.2 Å². The standard InChI is InChI=1S/C19H22N2O2S.BrH/c1-13-7-9-14(10-8-13)18-17(22)19(23)21(12-11-20-2)15-5-3-4-6-16(15)24-18;/h3-10,17-18,20,22H,11-12H2,1-2H3;1H. The largest absolute Gasteiger partial charge is 0.382 e. The third-order valence-corrected chi connectivity index (χ3v) is 5.59. The van der Waals surface area contributed by atoms with Gasteiger partial charge in [-0.2, -0.15) is 0 Å². The summed E-state index contributed by atoms with van der Waals surface area (Å²) >= 11 is 1.55. The number of fused-ring (bicyclic) bond motifs is 1. The van der Waals surface area contributed by atoms with E-state index >= 15 is 0 Å². The number of rotatable bonds is 4. The summed E-state index contributed by atoms with van der Waals surface area (Å²) in [5.41, 5.74) is 3.00. The maximum absolute atomic E-state index is 12.9. The normalized spacial score (nSPS) is 19.8. The van der Waals surface area contributed by atoms with Crippen LogP contribution in [0.2, 0.25) is 0 Å². The van der Waals surface area contributed by atoms with Gasteiger partial charge in [-0.05, 0) is 31.7 Å². The van der Waals surface area contributed by atoms with Gasteiger partial charge in [0.2, 0.25) is 0 Å². The second kappa shape index (κ2) is 8.85. The fourth-order valence-corrected chi connectivity index (χ4v) is 4.12. The molecule has 0 spiro atoms. The van der Waals surface area contributed by atoms with Crippen molar-refractivity contribution in [2.75, 3.05) is 25.0 Å². The van der Waals surface area contributed by atoms with E-state index in [4.69, 9.17) is 0 Å². The molecule has 2 N–H and O–H groups in total. The van der Waals surface area contributed by atoms with Gasteiger partial charge in [0.05, 0.1) is 10.9 Å². The van der Waals surface area contributed by atoms with E-state index in [1.807, 2.05) is 62.5 Å². The predicted molar refractivity (Wildman–Crippen MR) is 109 cm³/mol. The van der Waals surface area contributed by atoms with E-state index in [1.165, 1.54) is 0 Å². The van der Waals surface area contributed by atoms with Crippen LogP contribution in [-0.4, -0.2) is 37.3 Å². The van der Waals surface area contributed by atoms with Crippen LogP contribution in [0.4, 0.5) is 5.69 Å². The number of likely N-dealkylation sites (N-methyl/N-ethyl adjacent to an activating group) is 1. The van der Waals surface area contributed by atoms with Crippen molar-refractivity contribution in [2.24, 2.45) is 0 Å². The minimum atomic E-state index is -1.07. The van der Waals surface area contributed by atoms with E-state index in [1.54, 1.807) is 16.7 Å². The number of carbonyl (C=O) groups excluding carboxylic acids is 1. The van der Waals surface area contributed by atoms with Gasteiger partial charge in [0.15, 0.2) is 0 Å². The number of benzene rings is 2. The molecule has 2 atom stereocenters. The summed E-state index contributed by atoms with van der Waals surface area (Å²) in [6.07, 6.45) is -1.07. The van der Waals surface area contributed by atoms with Gasteiger partial charge in [-0.25, -0.2) is 0 Å². The highest BCUT2D eigenvalue weighted by Crippen LogP contribution is 2.45. The molecule has 1 amide bonds. The van der Waals surface area contributed by atoms with Crippen molar-refractivity contribution in [3.05, 3.63) is 59.7 Å². The maximum atomic E-state index is 12.9. The van der Waals surface area contributed by atoms with Crippen LogP contribution in [0.1, 0.15) is 16.4 Å². The van der Waals surface area contributed by atoms with Gasteiger partial charge in [0.25, 0.3) is 5.91 Å². The molecule has 0 fully saturated rings. The average molecular weight is 423 g/mol. The number of nitrogens with one attached hydrogen (secondary N) is 1. The van der Waals surface area contributed by atoms with Crippen molar-refractivity contribution < 1.29 is 9.90 Å². The molecule has 25 heavy (non-hydrogen) atoms. The lowest BCUT2D eigenvalue weighted by atomic mass is 10.0. The van der Waals surface area contributed by atoms with Crippen LogP contribution in [0.3, 0.4) is 0 Å². The van der Waals surface area contributed by atoms with E-state index in [9.17, 15) is 9.90 Å². The summed E-state index contributed by atoms with van der Waals surface area (Å²) in [7, 11) is 1.86. The third kappa shape index (κ3) is 4.26. The number of aliphatic hydroxyl groups is 1. The van der Waals surface area contributed by atoms with Gasteiger partial charge in [-0.3, -0.25) is 4.79 Å². The van der Waals surface area contributed by atoms with E-state index in [-0.39, 0.29) is 28.1 Å². The molecule has 3 rings (SSSR count). The first-order valence-electron chi connectivity index (χ1n) is 8.08.